The molecule has 1 saturated heterocycles. The van der Waals surface area contributed by atoms with Crippen molar-refractivity contribution >= 4 is 5.97 Å². The Bertz CT molecular complexity index is 271. The van der Waals surface area contributed by atoms with Crippen LogP contribution in [0.25, 0.3) is 0 Å². The molecule has 1 fully saturated rings. The third-order valence-electron chi connectivity index (χ3n) is 2.46. The number of hydrogen-bond acceptors (Lipinski definition) is 6. The topological polar surface area (TPSA) is 75.9 Å². The minimum absolute atomic E-state index is 0.0804. The minimum Gasteiger partial charge on any atom is -0.464 e. The van der Waals surface area contributed by atoms with E-state index >= 15 is 0 Å². The highest BCUT2D eigenvalue weighted by molar-refractivity contribution is 5.80. The van der Waals surface area contributed by atoms with Crippen molar-refractivity contribution in [3.05, 3.63) is 10.1 Å². The van der Waals surface area contributed by atoms with E-state index in [1.54, 1.807) is 23.9 Å². The standard InChI is InChI=1S/C8H15N3O4/c1-9-4-8(11(13)14,7(12)15-3)5-10(2)6-9/h4-6H2,1-3H3. The maximum absolute atomic E-state index is 11.5. The summed E-state index contributed by atoms with van der Waals surface area (Å²) in [6.07, 6.45) is 0. The molecule has 0 aromatic heterocycles. The molecular formula is C8H15N3O4. The summed E-state index contributed by atoms with van der Waals surface area (Å²) in [5, 5.41) is 11.0. The molecule has 0 bridgehead atoms. The Labute approximate surface area is 87.7 Å². The Morgan fingerprint density at radius 1 is 1.40 bits per heavy atom. The van der Waals surface area contributed by atoms with Crippen LogP contribution in [-0.2, 0) is 9.53 Å². The van der Waals surface area contributed by atoms with Gasteiger partial charge in [-0.15, -0.1) is 0 Å². The number of carbonyl (C=O) groups excluding carboxylic acids is 1. The number of likely N-dealkylation sites (N-methyl/N-ethyl adjacent to an activating group) is 2. The van der Waals surface area contributed by atoms with E-state index in [1.807, 2.05) is 0 Å². The lowest BCUT2D eigenvalue weighted by Gasteiger charge is -2.37. The van der Waals surface area contributed by atoms with Crippen molar-refractivity contribution < 1.29 is 14.5 Å². The van der Waals surface area contributed by atoms with E-state index in [0.717, 1.165) is 0 Å². The largest absolute Gasteiger partial charge is 0.464 e. The monoisotopic (exact) mass is 217 g/mol. The Hall–Kier alpha value is -1.21. The molecule has 0 spiro atoms. The highest BCUT2D eigenvalue weighted by atomic mass is 16.6. The molecule has 0 N–H and O–H groups in total. The summed E-state index contributed by atoms with van der Waals surface area (Å²) in [6.45, 7) is 0.764. The predicted octanol–water partition coefficient (Wildman–Crippen LogP) is -0.990. The lowest BCUT2D eigenvalue weighted by Crippen LogP contribution is -2.65. The zero-order valence-corrected chi connectivity index (χ0v) is 9.10. The van der Waals surface area contributed by atoms with Gasteiger partial charge in [0, 0.05) is 4.92 Å². The van der Waals surface area contributed by atoms with Crippen molar-refractivity contribution in [1.29, 1.82) is 0 Å². The quantitative estimate of drug-likeness (QED) is 0.336. The van der Waals surface area contributed by atoms with E-state index in [2.05, 4.69) is 4.74 Å². The fourth-order valence-corrected chi connectivity index (χ4v) is 1.96. The Morgan fingerprint density at radius 3 is 2.20 bits per heavy atom. The van der Waals surface area contributed by atoms with Crippen molar-refractivity contribution in [3.8, 4) is 0 Å². The summed E-state index contributed by atoms with van der Waals surface area (Å²) in [7, 11) is 4.63. The number of rotatable bonds is 2. The molecule has 0 aliphatic carbocycles. The highest BCUT2D eigenvalue weighted by Crippen LogP contribution is 2.19. The van der Waals surface area contributed by atoms with Crippen LogP contribution in [-0.4, -0.2) is 67.2 Å². The van der Waals surface area contributed by atoms with Gasteiger partial charge in [0.2, 0.25) is 0 Å². The molecule has 1 aliphatic heterocycles. The van der Waals surface area contributed by atoms with Crippen LogP contribution < -0.4 is 0 Å². The van der Waals surface area contributed by atoms with Crippen LogP contribution in [0.3, 0.4) is 0 Å². The van der Waals surface area contributed by atoms with Crippen molar-refractivity contribution in [2.24, 2.45) is 0 Å². The number of nitrogens with zero attached hydrogens (tertiary/aromatic N) is 3. The summed E-state index contributed by atoms with van der Waals surface area (Å²) >= 11 is 0. The van der Waals surface area contributed by atoms with Crippen molar-refractivity contribution in [1.82, 2.24) is 9.80 Å². The number of esters is 1. The first-order valence-electron chi connectivity index (χ1n) is 4.52. The lowest BCUT2D eigenvalue weighted by atomic mass is 9.97. The molecule has 0 atom stereocenters. The lowest BCUT2D eigenvalue weighted by molar-refractivity contribution is -0.559. The van der Waals surface area contributed by atoms with Crippen LogP contribution in [0.1, 0.15) is 0 Å². The summed E-state index contributed by atoms with van der Waals surface area (Å²) < 4.78 is 4.52. The first-order chi connectivity index (χ1) is 6.92. The number of carbonyl (C=O) groups is 1. The van der Waals surface area contributed by atoms with E-state index in [1.165, 1.54) is 7.11 Å². The Kier molecular flexibility index (Phi) is 3.25. The van der Waals surface area contributed by atoms with Gasteiger partial charge in [-0.25, -0.2) is 4.79 Å². The van der Waals surface area contributed by atoms with Gasteiger partial charge < -0.3 is 4.74 Å². The molecule has 0 aromatic rings. The van der Waals surface area contributed by atoms with Crippen LogP contribution in [0.15, 0.2) is 0 Å². The van der Waals surface area contributed by atoms with E-state index < -0.39 is 16.4 Å². The summed E-state index contributed by atoms with van der Waals surface area (Å²) in [5.41, 5.74) is -1.66. The molecule has 1 heterocycles. The molecule has 7 heteroatoms. The predicted molar refractivity (Wildman–Crippen MR) is 51.9 cm³/mol. The fourth-order valence-electron chi connectivity index (χ4n) is 1.96. The van der Waals surface area contributed by atoms with Gasteiger partial charge in [-0.2, -0.15) is 0 Å². The zero-order chi connectivity index (χ0) is 11.6. The van der Waals surface area contributed by atoms with Crippen LogP contribution in [0.4, 0.5) is 0 Å². The molecule has 1 rings (SSSR count). The van der Waals surface area contributed by atoms with Crippen LogP contribution in [0, 0.1) is 10.1 Å². The second kappa shape index (κ2) is 4.11. The third-order valence-corrected chi connectivity index (χ3v) is 2.46. The molecular weight excluding hydrogens is 202 g/mol. The van der Waals surface area contributed by atoms with E-state index in [0.29, 0.717) is 6.67 Å². The Balaban J connectivity index is 2.99. The molecule has 86 valence electrons. The molecule has 0 unspecified atom stereocenters. The van der Waals surface area contributed by atoms with E-state index in [-0.39, 0.29) is 13.1 Å². The van der Waals surface area contributed by atoms with Gasteiger partial charge in [-0.05, 0) is 14.1 Å². The van der Waals surface area contributed by atoms with Gasteiger partial charge in [0.15, 0.2) is 0 Å². The van der Waals surface area contributed by atoms with Gasteiger partial charge in [-0.3, -0.25) is 19.9 Å². The summed E-state index contributed by atoms with van der Waals surface area (Å²) in [4.78, 5) is 25.4. The van der Waals surface area contributed by atoms with Crippen LogP contribution in [0.5, 0.6) is 0 Å². The van der Waals surface area contributed by atoms with Gasteiger partial charge >= 0.3 is 11.5 Å². The minimum atomic E-state index is -1.66. The van der Waals surface area contributed by atoms with Crippen LogP contribution >= 0.6 is 0 Å². The van der Waals surface area contributed by atoms with Gasteiger partial charge in [0.25, 0.3) is 0 Å². The zero-order valence-electron chi connectivity index (χ0n) is 9.10. The molecule has 0 amide bonds. The number of hydrogen-bond donors (Lipinski definition) is 0. The maximum atomic E-state index is 11.5. The third kappa shape index (κ3) is 2.07. The normalized spacial score (nSPS) is 22.3. The number of nitro groups is 1. The SMILES string of the molecule is COC(=O)C1([N+](=O)[O-])CN(C)CN(C)C1. The van der Waals surface area contributed by atoms with E-state index in [9.17, 15) is 14.9 Å². The first kappa shape index (κ1) is 11.9. The maximum Gasteiger partial charge on any atom is 0.387 e. The molecule has 0 saturated carbocycles. The smallest absolute Gasteiger partial charge is 0.387 e. The van der Waals surface area contributed by atoms with E-state index in [4.69, 9.17) is 0 Å². The highest BCUT2D eigenvalue weighted by Gasteiger charge is 2.56. The molecule has 0 aromatic carbocycles. The van der Waals surface area contributed by atoms with Gasteiger partial charge in [0.05, 0.1) is 26.9 Å². The van der Waals surface area contributed by atoms with Crippen molar-refractivity contribution in [2.45, 2.75) is 5.54 Å². The second-order valence-corrected chi connectivity index (χ2v) is 3.95. The average Bonchev–Trinajstić information content (AvgIpc) is 2.14. The molecule has 15 heavy (non-hydrogen) atoms. The second-order valence-electron chi connectivity index (χ2n) is 3.95. The van der Waals surface area contributed by atoms with Crippen LogP contribution in [0.2, 0.25) is 0 Å². The Morgan fingerprint density at radius 2 is 1.87 bits per heavy atom. The van der Waals surface area contributed by atoms with Gasteiger partial charge in [-0.1, -0.05) is 0 Å². The first-order valence-corrected chi connectivity index (χ1v) is 4.52. The number of ether oxygens (including phenoxy) is 1. The molecule has 0 radical (unpaired) electrons. The fraction of sp³-hybridized carbons (Fsp3) is 0.875. The van der Waals surface area contributed by atoms with Crippen molar-refractivity contribution in [3.63, 3.8) is 0 Å². The van der Waals surface area contributed by atoms with Gasteiger partial charge in [0.1, 0.15) is 0 Å². The summed E-state index contributed by atoms with van der Waals surface area (Å²) in [5.74, 6) is -0.786. The number of methoxy groups -OCH3 is 1. The summed E-state index contributed by atoms with van der Waals surface area (Å²) in [6, 6.07) is 0. The van der Waals surface area contributed by atoms with Crippen molar-refractivity contribution in [2.75, 3.05) is 41.0 Å². The molecule has 7 nitrogen and oxygen atoms in total. The average molecular weight is 217 g/mol. The molecule has 1 aliphatic rings.